The summed E-state index contributed by atoms with van der Waals surface area (Å²) in [5.74, 6) is 0. The van der Waals surface area contributed by atoms with Gasteiger partial charge < -0.3 is 0 Å². The van der Waals surface area contributed by atoms with Crippen molar-refractivity contribution in [2.24, 2.45) is 0 Å². The van der Waals surface area contributed by atoms with Crippen molar-refractivity contribution in [3.05, 3.63) is 45.5 Å². The molecule has 0 spiro atoms. The second kappa shape index (κ2) is 2.60. The van der Waals surface area contributed by atoms with Gasteiger partial charge in [0.25, 0.3) is 0 Å². The molecule has 0 unspecified atom stereocenters. The molecule has 0 amide bonds. The van der Waals surface area contributed by atoms with Crippen LogP contribution in [0.15, 0.2) is 23.3 Å². The summed E-state index contributed by atoms with van der Waals surface area (Å²) in [5, 5.41) is 0. The van der Waals surface area contributed by atoms with Crippen LogP contribution in [0.5, 0.6) is 0 Å². The highest BCUT2D eigenvalue weighted by molar-refractivity contribution is 5.73. The van der Waals surface area contributed by atoms with Gasteiger partial charge in [0.05, 0.1) is 0 Å². The third kappa shape index (κ3) is 1.00. The Hall–Kier alpha value is -1.30. The highest BCUT2D eigenvalue weighted by Crippen LogP contribution is 2.35. The first-order valence-electron chi connectivity index (χ1n) is 5.23. The van der Waals surface area contributed by atoms with Gasteiger partial charge in [-0.1, -0.05) is 35.4 Å². The van der Waals surface area contributed by atoms with Gasteiger partial charge in [0, 0.05) is 0 Å². The second-order valence-electron chi connectivity index (χ2n) is 4.54. The van der Waals surface area contributed by atoms with Crippen LogP contribution in [0.25, 0.3) is 12.2 Å². The van der Waals surface area contributed by atoms with Crippen LogP contribution in [0.1, 0.15) is 36.1 Å². The van der Waals surface area contributed by atoms with E-state index in [0.29, 0.717) is 0 Å². The molecule has 0 saturated heterocycles. The van der Waals surface area contributed by atoms with Crippen LogP contribution in [0.2, 0.25) is 0 Å². The Balaban J connectivity index is 2.18. The summed E-state index contributed by atoms with van der Waals surface area (Å²) < 4.78 is 0. The first-order chi connectivity index (χ1) is 6.74. The van der Waals surface area contributed by atoms with Crippen molar-refractivity contribution in [2.45, 2.75) is 26.7 Å². The van der Waals surface area contributed by atoms with Gasteiger partial charge in [-0.2, -0.15) is 0 Å². The summed E-state index contributed by atoms with van der Waals surface area (Å²) in [5.41, 5.74) is 9.05. The van der Waals surface area contributed by atoms with Crippen molar-refractivity contribution < 1.29 is 0 Å². The number of allylic oxidation sites excluding steroid dienone is 2. The summed E-state index contributed by atoms with van der Waals surface area (Å²) in [6, 6.07) is 4.53. The Morgan fingerprint density at radius 2 is 1.21 bits per heavy atom. The summed E-state index contributed by atoms with van der Waals surface area (Å²) in [7, 11) is 0. The molecule has 0 nitrogen and oxygen atoms in total. The van der Waals surface area contributed by atoms with Crippen molar-refractivity contribution in [3.8, 4) is 0 Å². The van der Waals surface area contributed by atoms with Gasteiger partial charge in [-0.25, -0.2) is 0 Å². The van der Waals surface area contributed by atoms with E-state index >= 15 is 0 Å². The maximum Gasteiger partial charge on any atom is -0.00575 e. The Morgan fingerprint density at radius 3 is 1.64 bits per heavy atom. The zero-order chi connectivity index (χ0) is 9.71. The number of hydrogen-bond donors (Lipinski definition) is 0. The second-order valence-corrected chi connectivity index (χ2v) is 4.54. The van der Waals surface area contributed by atoms with Crippen LogP contribution in [-0.2, 0) is 12.8 Å². The lowest BCUT2D eigenvalue weighted by Crippen LogP contribution is -1.93. The van der Waals surface area contributed by atoms with Crippen LogP contribution < -0.4 is 0 Å². The van der Waals surface area contributed by atoms with Gasteiger partial charge >= 0.3 is 0 Å². The smallest absolute Gasteiger partial charge is 0.00575 e. The van der Waals surface area contributed by atoms with Crippen molar-refractivity contribution in [1.29, 1.82) is 0 Å². The zero-order valence-corrected chi connectivity index (χ0v) is 8.72. The molecule has 1 aromatic carbocycles. The molecule has 3 rings (SSSR count). The van der Waals surface area contributed by atoms with Crippen LogP contribution in [0.3, 0.4) is 0 Å². The SMILES string of the molecule is CC1=Cc2ccc3c(c2C1)CC(C)=C3. The minimum atomic E-state index is 1.17. The minimum absolute atomic E-state index is 1.17. The molecule has 0 aliphatic heterocycles. The lowest BCUT2D eigenvalue weighted by atomic mass is 9.98. The van der Waals surface area contributed by atoms with E-state index < -0.39 is 0 Å². The topological polar surface area (TPSA) is 0 Å². The third-order valence-corrected chi connectivity index (χ3v) is 3.22. The summed E-state index contributed by atoms with van der Waals surface area (Å²) in [6.07, 6.45) is 6.98. The molecule has 14 heavy (non-hydrogen) atoms. The Labute approximate surface area is 85.0 Å². The molecule has 0 heteroatoms. The van der Waals surface area contributed by atoms with Gasteiger partial charge in [0.15, 0.2) is 0 Å². The molecule has 70 valence electrons. The fraction of sp³-hybridized carbons (Fsp3) is 0.286. The van der Waals surface area contributed by atoms with Crippen LogP contribution in [0.4, 0.5) is 0 Å². The van der Waals surface area contributed by atoms with E-state index in [9.17, 15) is 0 Å². The molecule has 2 aliphatic carbocycles. The van der Waals surface area contributed by atoms with Gasteiger partial charge in [0.2, 0.25) is 0 Å². The molecule has 0 saturated carbocycles. The first kappa shape index (κ1) is 8.05. The van der Waals surface area contributed by atoms with Gasteiger partial charge in [-0.15, -0.1) is 0 Å². The molecular formula is C14H14. The molecule has 2 aliphatic rings. The molecular weight excluding hydrogens is 168 g/mol. The Bertz CT molecular complexity index is 428. The monoisotopic (exact) mass is 182 g/mol. The molecule has 0 radical (unpaired) electrons. The normalized spacial score (nSPS) is 17.6. The first-order valence-corrected chi connectivity index (χ1v) is 5.23. The summed E-state index contributed by atoms with van der Waals surface area (Å²) in [6.45, 7) is 4.45. The predicted molar refractivity (Wildman–Crippen MR) is 61.2 cm³/mol. The van der Waals surface area contributed by atoms with Crippen molar-refractivity contribution in [1.82, 2.24) is 0 Å². The summed E-state index contributed by atoms with van der Waals surface area (Å²) in [4.78, 5) is 0. The highest BCUT2D eigenvalue weighted by atomic mass is 14.2. The number of fused-ring (bicyclic) bond motifs is 3. The van der Waals surface area contributed by atoms with E-state index in [0.717, 1.165) is 0 Å². The highest BCUT2D eigenvalue weighted by Gasteiger charge is 2.19. The van der Waals surface area contributed by atoms with E-state index in [1.165, 1.54) is 35.1 Å². The maximum absolute atomic E-state index is 2.32. The van der Waals surface area contributed by atoms with Crippen molar-refractivity contribution in [3.63, 3.8) is 0 Å². The van der Waals surface area contributed by atoms with E-state index in [1.807, 2.05) is 0 Å². The van der Waals surface area contributed by atoms with Crippen LogP contribution >= 0.6 is 0 Å². The fourth-order valence-electron chi connectivity index (χ4n) is 2.61. The molecule has 0 fully saturated rings. The van der Waals surface area contributed by atoms with Crippen molar-refractivity contribution >= 4 is 12.2 Å². The minimum Gasteiger partial charge on any atom is -0.0683 e. The Kier molecular flexibility index (Phi) is 1.49. The number of rotatable bonds is 0. The molecule has 0 N–H and O–H groups in total. The average Bonchev–Trinajstić information content (AvgIpc) is 2.65. The summed E-state index contributed by atoms with van der Waals surface area (Å²) >= 11 is 0. The third-order valence-electron chi connectivity index (χ3n) is 3.22. The van der Waals surface area contributed by atoms with E-state index in [-0.39, 0.29) is 0 Å². The van der Waals surface area contributed by atoms with E-state index in [4.69, 9.17) is 0 Å². The largest absolute Gasteiger partial charge is 0.0683 e. The molecule has 0 bridgehead atoms. The molecule has 0 atom stereocenters. The lowest BCUT2D eigenvalue weighted by molar-refractivity contribution is 1.10. The van der Waals surface area contributed by atoms with Gasteiger partial charge in [-0.05, 0) is 48.9 Å². The number of benzene rings is 1. The number of hydrogen-bond acceptors (Lipinski definition) is 0. The fourth-order valence-corrected chi connectivity index (χ4v) is 2.61. The lowest BCUT2D eigenvalue weighted by Gasteiger charge is -2.07. The van der Waals surface area contributed by atoms with E-state index in [1.54, 1.807) is 11.1 Å². The zero-order valence-electron chi connectivity index (χ0n) is 8.72. The predicted octanol–water partition coefficient (Wildman–Crippen LogP) is 3.61. The van der Waals surface area contributed by atoms with E-state index in [2.05, 4.69) is 38.1 Å². The quantitative estimate of drug-likeness (QED) is 0.575. The van der Waals surface area contributed by atoms with Gasteiger partial charge in [-0.3, -0.25) is 0 Å². The molecule has 0 heterocycles. The van der Waals surface area contributed by atoms with Crippen molar-refractivity contribution in [2.75, 3.05) is 0 Å². The standard InChI is InChI=1S/C14H14/c1-9-5-11-3-4-12-6-10(2)8-14(12)13(11)7-9/h3-6H,7-8H2,1-2H3. The molecule has 0 aromatic heterocycles. The van der Waals surface area contributed by atoms with Gasteiger partial charge in [0.1, 0.15) is 0 Å². The van der Waals surface area contributed by atoms with Crippen LogP contribution in [0, 0.1) is 0 Å². The van der Waals surface area contributed by atoms with Crippen LogP contribution in [-0.4, -0.2) is 0 Å². The maximum atomic E-state index is 2.32. The molecule has 1 aromatic rings. The Morgan fingerprint density at radius 1 is 0.786 bits per heavy atom. The average molecular weight is 182 g/mol.